The lowest BCUT2D eigenvalue weighted by molar-refractivity contribution is -0.304. The van der Waals surface area contributed by atoms with Crippen LogP contribution in [0.3, 0.4) is 0 Å². The molecule has 0 N–H and O–H groups in total. The Morgan fingerprint density at radius 3 is 1.91 bits per heavy atom. The molecule has 0 saturated heterocycles. The smallest absolute Gasteiger partial charge is 0.430 e. The van der Waals surface area contributed by atoms with Gasteiger partial charge in [0, 0.05) is 0 Å². The van der Waals surface area contributed by atoms with Crippen molar-refractivity contribution in [2.24, 2.45) is 5.92 Å². The fourth-order valence-corrected chi connectivity index (χ4v) is 4.10. The summed E-state index contributed by atoms with van der Waals surface area (Å²) in [6.45, 7) is 2.11. The molecule has 2 aromatic rings. The van der Waals surface area contributed by atoms with Gasteiger partial charge in [-0.15, -0.1) is 0 Å². The molecule has 0 aliphatic heterocycles. The molecular formula is C23H22F8O. The van der Waals surface area contributed by atoms with Gasteiger partial charge in [0.05, 0.1) is 5.56 Å². The van der Waals surface area contributed by atoms with Crippen LogP contribution >= 0.6 is 0 Å². The summed E-state index contributed by atoms with van der Waals surface area (Å²) in [5.74, 6) is -1.78. The number of rotatable bonds is 6. The second-order valence-electron chi connectivity index (χ2n) is 8.08. The zero-order valence-corrected chi connectivity index (χ0v) is 17.2. The summed E-state index contributed by atoms with van der Waals surface area (Å²) in [6, 6.07) is 6.13. The lowest BCUT2D eigenvalue weighted by Crippen LogP contribution is -2.45. The van der Waals surface area contributed by atoms with Crippen LogP contribution in [0.25, 0.3) is 11.1 Å². The van der Waals surface area contributed by atoms with Crippen molar-refractivity contribution in [1.82, 2.24) is 0 Å². The topological polar surface area (TPSA) is 9.23 Å². The molecule has 1 aliphatic rings. The SMILES string of the molecule is CCC1CCC(c2cc(F)c(-c3ccc(OC(F)(F)C(F)C(F)(F)F)cc3)c(F)c2)CC1. The first-order valence-electron chi connectivity index (χ1n) is 10.3. The van der Waals surface area contributed by atoms with Crippen LogP contribution in [-0.4, -0.2) is 18.5 Å². The van der Waals surface area contributed by atoms with Crippen LogP contribution in [0.1, 0.15) is 50.5 Å². The minimum Gasteiger partial charge on any atom is -0.430 e. The van der Waals surface area contributed by atoms with Crippen molar-refractivity contribution in [2.45, 2.75) is 63.4 Å². The minimum atomic E-state index is -5.81. The Morgan fingerprint density at radius 2 is 1.44 bits per heavy atom. The molecule has 3 rings (SSSR count). The molecule has 2 aromatic carbocycles. The van der Waals surface area contributed by atoms with E-state index in [0.29, 0.717) is 11.5 Å². The Hall–Kier alpha value is -2.32. The summed E-state index contributed by atoms with van der Waals surface area (Å²) in [4.78, 5) is 0. The van der Waals surface area contributed by atoms with Gasteiger partial charge in [0.1, 0.15) is 17.4 Å². The summed E-state index contributed by atoms with van der Waals surface area (Å²) >= 11 is 0. The van der Waals surface area contributed by atoms with Crippen LogP contribution < -0.4 is 4.74 Å². The summed E-state index contributed by atoms with van der Waals surface area (Å²) in [5, 5.41) is 0. The van der Waals surface area contributed by atoms with Crippen LogP contribution in [0.2, 0.25) is 0 Å². The van der Waals surface area contributed by atoms with Crippen LogP contribution in [0, 0.1) is 17.6 Å². The van der Waals surface area contributed by atoms with Gasteiger partial charge in [-0.1, -0.05) is 25.5 Å². The van der Waals surface area contributed by atoms with E-state index in [1.54, 1.807) is 0 Å². The highest BCUT2D eigenvalue weighted by Gasteiger charge is 2.59. The lowest BCUT2D eigenvalue weighted by Gasteiger charge is -2.28. The highest BCUT2D eigenvalue weighted by atomic mass is 19.4. The highest BCUT2D eigenvalue weighted by Crippen LogP contribution is 2.40. The Balaban J connectivity index is 1.77. The summed E-state index contributed by atoms with van der Waals surface area (Å²) in [5.41, 5.74) is 0.136. The Morgan fingerprint density at radius 1 is 0.906 bits per heavy atom. The molecule has 1 unspecified atom stereocenters. The van der Waals surface area contributed by atoms with E-state index in [4.69, 9.17) is 0 Å². The van der Waals surface area contributed by atoms with E-state index in [2.05, 4.69) is 11.7 Å². The average molecular weight is 466 g/mol. The summed E-state index contributed by atoms with van der Waals surface area (Å²) < 4.78 is 110. The molecule has 1 saturated carbocycles. The molecule has 0 heterocycles. The van der Waals surface area contributed by atoms with Gasteiger partial charge in [0.25, 0.3) is 6.17 Å². The number of halogens is 8. The van der Waals surface area contributed by atoms with Gasteiger partial charge in [-0.2, -0.15) is 22.0 Å². The van der Waals surface area contributed by atoms with Gasteiger partial charge in [0.2, 0.25) is 0 Å². The first kappa shape index (κ1) is 24.3. The molecule has 32 heavy (non-hydrogen) atoms. The quantitative estimate of drug-likeness (QED) is 0.390. The molecule has 1 fully saturated rings. The van der Waals surface area contributed by atoms with Gasteiger partial charge in [-0.3, -0.25) is 0 Å². The number of hydrogen-bond acceptors (Lipinski definition) is 1. The molecule has 0 spiro atoms. The predicted octanol–water partition coefficient (Wildman–Crippen LogP) is 8.19. The normalized spacial score (nSPS) is 20.8. The number of ether oxygens (including phenoxy) is 1. The molecule has 1 atom stereocenters. The summed E-state index contributed by atoms with van der Waals surface area (Å²) in [6.07, 6.45) is -10.8. The van der Waals surface area contributed by atoms with Crippen molar-refractivity contribution in [3.63, 3.8) is 0 Å². The Labute approximate surface area is 180 Å². The fraction of sp³-hybridized carbons (Fsp3) is 0.478. The van der Waals surface area contributed by atoms with Crippen molar-refractivity contribution in [2.75, 3.05) is 0 Å². The van der Waals surface area contributed by atoms with E-state index in [1.807, 2.05) is 0 Å². The van der Waals surface area contributed by atoms with Gasteiger partial charge >= 0.3 is 12.3 Å². The van der Waals surface area contributed by atoms with E-state index >= 15 is 0 Å². The van der Waals surface area contributed by atoms with E-state index in [9.17, 15) is 35.1 Å². The maximum Gasteiger partial charge on any atom is 0.439 e. The van der Waals surface area contributed by atoms with Crippen LogP contribution in [0.5, 0.6) is 5.75 Å². The van der Waals surface area contributed by atoms with Gasteiger partial charge < -0.3 is 4.74 Å². The van der Waals surface area contributed by atoms with Crippen LogP contribution in [0.4, 0.5) is 35.1 Å². The predicted molar refractivity (Wildman–Crippen MR) is 103 cm³/mol. The molecule has 0 bridgehead atoms. The largest absolute Gasteiger partial charge is 0.439 e. The van der Waals surface area contributed by atoms with Crippen LogP contribution in [-0.2, 0) is 0 Å². The molecular weight excluding hydrogens is 444 g/mol. The second-order valence-corrected chi connectivity index (χ2v) is 8.08. The summed E-state index contributed by atoms with van der Waals surface area (Å²) in [7, 11) is 0. The lowest BCUT2D eigenvalue weighted by atomic mass is 9.77. The zero-order valence-electron chi connectivity index (χ0n) is 17.2. The van der Waals surface area contributed by atoms with Crippen molar-refractivity contribution < 1.29 is 39.9 Å². The van der Waals surface area contributed by atoms with E-state index < -0.39 is 41.4 Å². The standard InChI is InChI=1S/C23H22F8O/c1-2-13-3-5-14(6-4-13)16-11-18(24)20(19(25)12-16)15-7-9-17(10-8-15)32-23(30,31)21(26)22(27,28)29/h7-14,21H,2-6H2,1H3. The zero-order chi connectivity index (χ0) is 23.7. The average Bonchev–Trinajstić information content (AvgIpc) is 2.73. The maximum absolute atomic E-state index is 14.7. The minimum absolute atomic E-state index is 0.0236. The van der Waals surface area contributed by atoms with Crippen LogP contribution in [0.15, 0.2) is 36.4 Å². The number of hydrogen-bond donors (Lipinski definition) is 0. The molecule has 1 nitrogen and oxygen atoms in total. The third kappa shape index (κ3) is 5.35. The van der Waals surface area contributed by atoms with Gasteiger partial charge in [0.15, 0.2) is 0 Å². The van der Waals surface area contributed by atoms with Crippen molar-refractivity contribution in [3.05, 3.63) is 53.6 Å². The number of benzene rings is 2. The molecule has 0 aromatic heterocycles. The molecule has 176 valence electrons. The fourth-order valence-electron chi connectivity index (χ4n) is 4.10. The highest BCUT2D eigenvalue weighted by molar-refractivity contribution is 5.66. The monoisotopic (exact) mass is 466 g/mol. The Bertz CT molecular complexity index is 892. The van der Waals surface area contributed by atoms with E-state index in [-0.39, 0.29) is 11.5 Å². The Kier molecular flexibility index (Phi) is 7.05. The maximum atomic E-state index is 14.7. The van der Waals surface area contributed by atoms with Gasteiger partial charge in [-0.05, 0) is 72.9 Å². The van der Waals surface area contributed by atoms with Crippen molar-refractivity contribution >= 4 is 0 Å². The molecule has 1 aliphatic carbocycles. The van der Waals surface area contributed by atoms with E-state index in [0.717, 1.165) is 56.4 Å². The first-order chi connectivity index (χ1) is 14.9. The molecule has 0 radical (unpaired) electrons. The third-order valence-corrected chi connectivity index (χ3v) is 5.94. The van der Waals surface area contributed by atoms with E-state index in [1.165, 1.54) is 12.1 Å². The first-order valence-corrected chi connectivity index (χ1v) is 10.3. The molecule has 0 amide bonds. The van der Waals surface area contributed by atoms with Gasteiger partial charge in [-0.25, -0.2) is 13.2 Å². The second kappa shape index (κ2) is 9.27. The number of alkyl halides is 6. The molecule has 9 heteroatoms. The van der Waals surface area contributed by atoms with Crippen molar-refractivity contribution in [3.8, 4) is 16.9 Å². The van der Waals surface area contributed by atoms with Crippen molar-refractivity contribution in [1.29, 1.82) is 0 Å². The third-order valence-electron chi connectivity index (χ3n) is 5.94.